The third-order valence-corrected chi connectivity index (χ3v) is 3.71. The maximum Gasteiger partial charge on any atom is 0.0670 e. The number of methoxy groups -OCH3 is 1. The van der Waals surface area contributed by atoms with Crippen LogP contribution in [0.2, 0.25) is 0 Å². The molecule has 0 saturated heterocycles. The molecule has 0 aliphatic heterocycles. The van der Waals surface area contributed by atoms with Gasteiger partial charge in [0.1, 0.15) is 0 Å². The Bertz CT molecular complexity index is 327. The fraction of sp³-hybridized carbons (Fsp3) is 0.600. The third kappa shape index (κ3) is 7.47. The van der Waals surface area contributed by atoms with Crippen LogP contribution in [-0.4, -0.2) is 42.9 Å². The molecule has 1 heterocycles. The van der Waals surface area contributed by atoms with E-state index >= 15 is 0 Å². The molecule has 0 aliphatic carbocycles. The van der Waals surface area contributed by atoms with Gasteiger partial charge < -0.3 is 9.84 Å². The molecule has 108 valence electrons. The van der Waals surface area contributed by atoms with Crippen molar-refractivity contribution in [2.24, 2.45) is 0 Å². The molecular formula is C15H25NO2S. The summed E-state index contributed by atoms with van der Waals surface area (Å²) in [4.78, 5) is 2.30. The number of aliphatic hydroxyl groups excluding tert-OH is 1. The summed E-state index contributed by atoms with van der Waals surface area (Å²) in [7, 11) is 1.72. The van der Waals surface area contributed by atoms with E-state index in [1.807, 2.05) is 6.08 Å². The molecule has 0 aromatic carbocycles. The molecule has 0 bridgehead atoms. The molecule has 1 N–H and O–H groups in total. The van der Waals surface area contributed by atoms with Gasteiger partial charge in [-0.05, 0) is 41.7 Å². The predicted molar refractivity (Wildman–Crippen MR) is 81.5 cm³/mol. The van der Waals surface area contributed by atoms with E-state index in [2.05, 4.69) is 28.3 Å². The maximum absolute atomic E-state index is 10.0. The molecule has 0 radical (unpaired) electrons. The van der Waals surface area contributed by atoms with Gasteiger partial charge in [-0.25, -0.2) is 0 Å². The highest BCUT2D eigenvalue weighted by Crippen LogP contribution is 2.11. The van der Waals surface area contributed by atoms with Crippen LogP contribution in [0.3, 0.4) is 0 Å². The van der Waals surface area contributed by atoms with Crippen LogP contribution in [-0.2, 0) is 11.3 Å². The first kappa shape index (κ1) is 16.4. The Morgan fingerprint density at radius 2 is 2.42 bits per heavy atom. The SMILES string of the molecule is C=CCCC(O)CN(CCCOC)Cc1ccsc1. The van der Waals surface area contributed by atoms with Crippen molar-refractivity contribution < 1.29 is 9.84 Å². The summed E-state index contributed by atoms with van der Waals surface area (Å²) in [6.45, 7) is 7.03. The van der Waals surface area contributed by atoms with Crippen LogP contribution in [0.4, 0.5) is 0 Å². The lowest BCUT2D eigenvalue weighted by Crippen LogP contribution is -2.33. The van der Waals surface area contributed by atoms with Gasteiger partial charge in [-0.2, -0.15) is 11.3 Å². The maximum atomic E-state index is 10.0. The number of hydrogen-bond acceptors (Lipinski definition) is 4. The minimum Gasteiger partial charge on any atom is -0.392 e. The van der Waals surface area contributed by atoms with Crippen molar-refractivity contribution in [2.45, 2.75) is 31.9 Å². The van der Waals surface area contributed by atoms with Crippen molar-refractivity contribution in [1.82, 2.24) is 4.90 Å². The Balaban J connectivity index is 2.40. The summed E-state index contributed by atoms with van der Waals surface area (Å²) in [5.74, 6) is 0. The van der Waals surface area contributed by atoms with Crippen molar-refractivity contribution in [3.05, 3.63) is 35.0 Å². The van der Waals surface area contributed by atoms with Crippen molar-refractivity contribution in [2.75, 3.05) is 26.8 Å². The van der Waals surface area contributed by atoms with E-state index in [4.69, 9.17) is 4.74 Å². The van der Waals surface area contributed by atoms with Crippen LogP contribution >= 0.6 is 11.3 Å². The van der Waals surface area contributed by atoms with Gasteiger partial charge in [-0.3, -0.25) is 4.90 Å². The fourth-order valence-electron chi connectivity index (χ4n) is 2.01. The van der Waals surface area contributed by atoms with Crippen LogP contribution in [0.25, 0.3) is 0 Å². The standard InChI is InChI=1S/C15H25NO2S/c1-3-4-6-15(17)12-16(8-5-9-18-2)11-14-7-10-19-13-14/h3,7,10,13,15,17H,1,4-6,8-9,11-12H2,2H3. The summed E-state index contributed by atoms with van der Waals surface area (Å²) in [5, 5.41) is 14.3. The zero-order chi connectivity index (χ0) is 13.9. The number of hydrogen-bond donors (Lipinski definition) is 1. The van der Waals surface area contributed by atoms with Crippen LogP contribution < -0.4 is 0 Å². The molecular weight excluding hydrogens is 258 g/mol. The van der Waals surface area contributed by atoms with Gasteiger partial charge >= 0.3 is 0 Å². The molecule has 3 nitrogen and oxygen atoms in total. The molecule has 4 heteroatoms. The first-order chi connectivity index (χ1) is 9.26. The normalized spacial score (nSPS) is 12.8. The van der Waals surface area contributed by atoms with Crippen molar-refractivity contribution >= 4 is 11.3 Å². The van der Waals surface area contributed by atoms with Gasteiger partial charge in [0.15, 0.2) is 0 Å². The van der Waals surface area contributed by atoms with Gasteiger partial charge in [-0.15, -0.1) is 6.58 Å². The Morgan fingerprint density at radius 3 is 3.05 bits per heavy atom. The number of thiophene rings is 1. The van der Waals surface area contributed by atoms with Crippen LogP contribution in [0.1, 0.15) is 24.8 Å². The van der Waals surface area contributed by atoms with Crippen molar-refractivity contribution in [1.29, 1.82) is 0 Å². The summed E-state index contributed by atoms with van der Waals surface area (Å²) in [5.41, 5.74) is 1.32. The largest absolute Gasteiger partial charge is 0.392 e. The average Bonchev–Trinajstić information content (AvgIpc) is 2.89. The number of rotatable bonds is 11. The summed E-state index contributed by atoms with van der Waals surface area (Å²) >= 11 is 1.72. The molecule has 0 aliphatic rings. The van der Waals surface area contributed by atoms with Gasteiger partial charge in [0, 0.05) is 33.4 Å². The Kier molecular flexibility index (Phi) is 8.75. The smallest absolute Gasteiger partial charge is 0.0670 e. The van der Waals surface area contributed by atoms with E-state index in [0.717, 1.165) is 39.0 Å². The van der Waals surface area contributed by atoms with Crippen LogP contribution in [0, 0.1) is 0 Å². The predicted octanol–water partition coefficient (Wildman–Crippen LogP) is 2.91. The lowest BCUT2D eigenvalue weighted by molar-refractivity contribution is 0.0942. The first-order valence-electron chi connectivity index (χ1n) is 6.77. The molecule has 0 spiro atoms. The Labute approximate surface area is 120 Å². The molecule has 1 unspecified atom stereocenters. The number of allylic oxidation sites excluding steroid dienone is 1. The second kappa shape index (κ2) is 10.1. The summed E-state index contributed by atoms with van der Waals surface area (Å²) in [6.07, 6.45) is 4.23. The van der Waals surface area contributed by atoms with E-state index in [-0.39, 0.29) is 6.10 Å². The molecule has 1 rings (SSSR count). The van der Waals surface area contributed by atoms with Gasteiger partial charge in [0.05, 0.1) is 6.10 Å². The number of ether oxygens (including phenoxy) is 1. The van der Waals surface area contributed by atoms with Gasteiger partial charge in [0.2, 0.25) is 0 Å². The fourth-order valence-corrected chi connectivity index (χ4v) is 2.67. The van der Waals surface area contributed by atoms with E-state index in [0.29, 0.717) is 6.54 Å². The van der Waals surface area contributed by atoms with Gasteiger partial charge in [0.25, 0.3) is 0 Å². The molecule has 1 atom stereocenters. The second-order valence-electron chi connectivity index (χ2n) is 4.73. The van der Waals surface area contributed by atoms with E-state index in [1.54, 1.807) is 18.4 Å². The lowest BCUT2D eigenvalue weighted by Gasteiger charge is -2.24. The molecule has 0 amide bonds. The lowest BCUT2D eigenvalue weighted by atomic mass is 10.1. The highest BCUT2D eigenvalue weighted by Gasteiger charge is 2.12. The first-order valence-corrected chi connectivity index (χ1v) is 7.72. The molecule has 1 aromatic rings. The van der Waals surface area contributed by atoms with E-state index in [1.165, 1.54) is 5.56 Å². The Hall–Kier alpha value is -0.680. The van der Waals surface area contributed by atoms with Crippen LogP contribution in [0.15, 0.2) is 29.5 Å². The monoisotopic (exact) mass is 283 g/mol. The van der Waals surface area contributed by atoms with E-state index in [9.17, 15) is 5.11 Å². The molecule has 1 aromatic heterocycles. The molecule has 19 heavy (non-hydrogen) atoms. The van der Waals surface area contributed by atoms with Crippen LogP contribution in [0.5, 0.6) is 0 Å². The van der Waals surface area contributed by atoms with Crippen molar-refractivity contribution in [3.63, 3.8) is 0 Å². The zero-order valence-corrected chi connectivity index (χ0v) is 12.6. The quantitative estimate of drug-likeness (QED) is 0.501. The summed E-state index contributed by atoms with van der Waals surface area (Å²) in [6, 6.07) is 2.14. The highest BCUT2D eigenvalue weighted by molar-refractivity contribution is 7.07. The minimum absolute atomic E-state index is 0.279. The molecule has 0 saturated carbocycles. The van der Waals surface area contributed by atoms with Gasteiger partial charge in [-0.1, -0.05) is 6.08 Å². The van der Waals surface area contributed by atoms with Crippen molar-refractivity contribution in [3.8, 4) is 0 Å². The zero-order valence-electron chi connectivity index (χ0n) is 11.8. The summed E-state index contributed by atoms with van der Waals surface area (Å²) < 4.78 is 5.10. The molecule has 0 fully saturated rings. The number of nitrogens with zero attached hydrogens (tertiary/aromatic N) is 1. The Morgan fingerprint density at radius 1 is 1.58 bits per heavy atom. The minimum atomic E-state index is -0.279. The average molecular weight is 283 g/mol. The third-order valence-electron chi connectivity index (χ3n) is 2.98. The number of aliphatic hydroxyl groups is 1. The topological polar surface area (TPSA) is 32.7 Å². The highest BCUT2D eigenvalue weighted by atomic mass is 32.1. The second-order valence-corrected chi connectivity index (χ2v) is 5.51. The van der Waals surface area contributed by atoms with E-state index < -0.39 is 0 Å².